The largest absolute Gasteiger partial charge is 0.481 e. The van der Waals surface area contributed by atoms with E-state index in [1.54, 1.807) is 0 Å². The van der Waals surface area contributed by atoms with E-state index in [0.717, 1.165) is 18.4 Å². The van der Waals surface area contributed by atoms with Crippen LogP contribution in [0.2, 0.25) is 0 Å². The van der Waals surface area contributed by atoms with Crippen molar-refractivity contribution in [3.05, 3.63) is 11.1 Å². The third-order valence-electron chi connectivity index (χ3n) is 5.85. The predicted octanol–water partition coefficient (Wildman–Crippen LogP) is 2.99. The lowest BCUT2D eigenvalue weighted by atomic mass is 9.78. The van der Waals surface area contributed by atoms with Crippen molar-refractivity contribution >= 4 is 11.9 Å². The molecule has 0 aliphatic heterocycles. The van der Waals surface area contributed by atoms with Gasteiger partial charge in [0.25, 0.3) is 0 Å². The van der Waals surface area contributed by atoms with Gasteiger partial charge in [-0.15, -0.1) is 6.42 Å². The Hall–Kier alpha value is -1.76. The van der Waals surface area contributed by atoms with E-state index in [-0.39, 0.29) is 17.7 Å². The summed E-state index contributed by atoms with van der Waals surface area (Å²) < 4.78 is 0. The van der Waals surface area contributed by atoms with Gasteiger partial charge >= 0.3 is 5.97 Å². The summed E-state index contributed by atoms with van der Waals surface area (Å²) in [5.41, 5.74) is 1.68. The maximum absolute atomic E-state index is 12.9. The van der Waals surface area contributed by atoms with Gasteiger partial charge in [-0.05, 0) is 51.4 Å². The van der Waals surface area contributed by atoms with Gasteiger partial charge in [-0.3, -0.25) is 9.59 Å². The van der Waals surface area contributed by atoms with Crippen molar-refractivity contribution in [2.45, 2.75) is 58.9 Å². The fourth-order valence-electron chi connectivity index (χ4n) is 4.59. The van der Waals surface area contributed by atoms with E-state index in [9.17, 15) is 14.7 Å². The normalized spacial score (nSPS) is 29.3. The number of nitrogens with one attached hydrogen (secondary N) is 1. The van der Waals surface area contributed by atoms with Crippen LogP contribution in [-0.2, 0) is 9.59 Å². The highest BCUT2D eigenvalue weighted by atomic mass is 16.4. The molecule has 4 heteroatoms. The lowest BCUT2D eigenvalue weighted by Gasteiger charge is -2.32. The van der Waals surface area contributed by atoms with Crippen LogP contribution in [0, 0.1) is 36.0 Å². The molecule has 126 valence electrons. The molecule has 2 fully saturated rings. The molecule has 0 aromatic rings. The summed E-state index contributed by atoms with van der Waals surface area (Å²) in [6, 6.07) is 0. The molecule has 23 heavy (non-hydrogen) atoms. The molecular weight excluding hydrogens is 290 g/mol. The van der Waals surface area contributed by atoms with Crippen molar-refractivity contribution in [1.82, 2.24) is 5.32 Å². The lowest BCUT2D eigenvalue weighted by molar-refractivity contribution is -0.149. The number of fused-ring (bicyclic) bond motifs is 2. The number of aliphatic carboxylic acids is 1. The van der Waals surface area contributed by atoms with E-state index in [1.807, 2.05) is 27.7 Å². The lowest BCUT2D eigenvalue weighted by Crippen LogP contribution is -2.51. The van der Waals surface area contributed by atoms with Crippen LogP contribution in [0.25, 0.3) is 0 Å². The van der Waals surface area contributed by atoms with Gasteiger partial charge in [-0.2, -0.15) is 0 Å². The number of hydrogen-bond acceptors (Lipinski definition) is 2. The molecule has 0 spiro atoms. The first-order chi connectivity index (χ1) is 10.8. The number of allylic oxidation sites excluding steroid dienone is 2. The van der Waals surface area contributed by atoms with Crippen LogP contribution in [0.15, 0.2) is 11.1 Å². The quantitative estimate of drug-likeness (QED) is 0.605. The minimum absolute atomic E-state index is 0.00161. The fourth-order valence-corrected chi connectivity index (χ4v) is 4.59. The Balaban J connectivity index is 2.34. The van der Waals surface area contributed by atoms with Crippen molar-refractivity contribution in [2.24, 2.45) is 23.7 Å². The number of carboxylic acids is 1. The molecule has 0 radical (unpaired) electrons. The summed E-state index contributed by atoms with van der Waals surface area (Å²) in [7, 11) is 0. The number of carbonyl (C=O) groups is 2. The molecule has 2 aliphatic carbocycles. The Morgan fingerprint density at radius 1 is 1.22 bits per heavy atom. The number of carboxylic acid groups (broad SMARTS) is 1. The van der Waals surface area contributed by atoms with Gasteiger partial charge in [-0.1, -0.05) is 30.9 Å². The monoisotopic (exact) mass is 317 g/mol. The number of rotatable bonds is 5. The van der Waals surface area contributed by atoms with E-state index in [1.165, 1.54) is 5.57 Å². The second kappa shape index (κ2) is 6.39. The summed E-state index contributed by atoms with van der Waals surface area (Å²) >= 11 is 0. The zero-order valence-electron chi connectivity index (χ0n) is 14.5. The Bertz CT molecular complexity index is 576. The van der Waals surface area contributed by atoms with E-state index >= 15 is 0 Å². The molecule has 2 aliphatic rings. The van der Waals surface area contributed by atoms with Gasteiger partial charge in [0.15, 0.2) is 0 Å². The number of amides is 1. The molecule has 0 saturated heterocycles. The van der Waals surface area contributed by atoms with Gasteiger partial charge in [0.05, 0.1) is 11.8 Å². The molecule has 0 aromatic carbocycles. The Kier molecular flexibility index (Phi) is 4.89. The van der Waals surface area contributed by atoms with Crippen LogP contribution in [0.1, 0.15) is 53.4 Å². The van der Waals surface area contributed by atoms with Gasteiger partial charge in [0.2, 0.25) is 5.91 Å². The van der Waals surface area contributed by atoms with Crippen molar-refractivity contribution in [2.75, 3.05) is 0 Å². The Labute approximate surface area is 138 Å². The first-order valence-electron chi connectivity index (χ1n) is 8.51. The van der Waals surface area contributed by atoms with Gasteiger partial charge in [0, 0.05) is 0 Å². The first kappa shape index (κ1) is 17.6. The molecule has 4 atom stereocenters. The summed E-state index contributed by atoms with van der Waals surface area (Å²) in [5, 5.41) is 12.7. The molecule has 0 aromatic heterocycles. The summed E-state index contributed by atoms with van der Waals surface area (Å²) in [4.78, 5) is 24.7. The molecule has 2 saturated carbocycles. The highest BCUT2D eigenvalue weighted by Crippen LogP contribution is 2.57. The highest BCUT2D eigenvalue weighted by Gasteiger charge is 2.57. The summed E-state index contributed by atoms with van der Waals surface area (Å²) in [5.74, 6) is 0.577. The molecule has 2 bridgehead atoms. The fraction of sp³-hybridized carbons (Fsp3) is 0.684. The highest BCUT2D eigenvalue weighted by molar-refractivity contribution is 5.88. The SMILES string of the molecule is C#CC(CC)(CC)NC(=O)[C@H]1[C@@H](C(=O)O)[C@H]2CC[C@H]1C2=C(C)C. The van der Waals surface area contributed by atoms with E-state index in [2.05, 4.69) is 11.2 Å². The Morgan fingerprint density at radius 3 is 2.13 bits per heavy atom. The smallest absolute Gasteiger partial charge is 0.307 e. The standard InChI is InChI=1S/C19H27NO3/c1-6-19(7-2,8-3)20-17(21)15-12-9-10-13(14(12)11(4)5)16(15)18(22)23/h1,12-13,15-16H,7-10H2,2-5H3,(H,20,21)(H,22,23)/t12-,13-,15+,16-/m0/s1. The van der Waals surface area contributed by atoms with Crippen molar-refractivity contribution in [3.63, 3.8) is 0 Å². The zero-order chi connectivity index (χ0) is 17.4. The topological polar surface area (TPSA) is 66.4 Å². The molecule has 4 nitrogen and oxygen atoms in total. The zero-order valence-corrected chi connectivity index (χ0v) is 14.5. The molecule has 0 heterocycles. The van der Waals surface area contributed by atoms with Crippen LogP contribution in [-0.4, -0.2) is 22.5 Å². The molecule has 2 rings (SSSR count). The Morgan fingerprint density at radius 2 is 1.74 bits per heavy atom. The third-order valence-corrected chi connectivity index (χ3v) is 5.85. The van der Waals surface area contributed by atoms with Crippen LogP contribution in [0.4, 0.5) is 0 Å². The maximum atomic E-state index is 12.9. The number of terminal acetylenes is 1. The maximum Gasteiger partial charge on any atom is 0.307 e. The third kappa shape index (κ3) is 2.78. The molecule has 2 N–H and O–H groups in total. The van der Waals surface area contributed by atoms with Crippen molar-refractivity contribution < 1.29 is 14.7 Å². The second-order valence-corrected chi connectivity index (χ2v) is 7.06. The number of carbonyl (C=O) groups excluding carboxylic acids is 1. The van der Waals surface area contributed by atoms with Gasteiger partial charge in [-0.25, -0.2) is 0 Å². The minimum atomic E-state index is -0.865. The summed E-state index contributed by atoms with van der Waals surface area (Å²) in [6.45, 7) is 7.93. The summed E-state index contributed by atoms with van der Waals surface area (Å²) in [6.07, 6.45) is 8.67. The van der Waals surface area contributed by atoms with Crippen LogP contribution in [0.5, 0.6) is 0 Å². The molecular formula is C19H27NO3. The van der Waals surface area contributed by atoms with E-state index in [4.69, 9.17) is 6.42 Å². The number of hydrogen-bond donors (Lipinski definition) is 2. The predicted molar refractivity (Wildman–Crippen MR) is 89.5 cm³/mol. The first-order valence-corrected chi connectivity index (χ1v) is 8.51. The van der Waals surface area contributed by atoms with Crippen LogP contribution >= 0.6 is 0 Å². The van der Waals surface area contributed by atoms with E-state index < -0.39 is 23.3 Å². The molecule has 0 unspecified atom stereocenters. The van der Waals surface area contributed by atoms with Gasteiger partial charge in [0.1, 0.15) is 5.54 Å². The average Bonchev–Trinajstić information content (AvgIpc) is 3.08. The average molecular weight is 317 g/mol. The van der Waals surface area contributed by atoms with E-state index in [0.29, 0.717) is 12.8 Å². The van der Waals surface area contributed by atoms with Gasteiger partial charge < -0.3 is 10.4 Å². The minimum Gasteiger partial charge on any atom is -0.481 e. The molecule has 1 amide bonds. The van der Waals surface area contributed by atoms with Crippen LogP contribution in [0.3, 0.4) is 0 Å². The van der Waals surface area contributed by atoms with Crippen molar-refractivity contribution in [3.8, 4) is 12.3 Å². The van der Waals surface area contributed by atoms with Crippen LogP contribution < -0.4 is 5.32 Å². The van der Waals surface area contributed by atoms with Crippen molar-refractivity contribution in [1.29, 1.82) is 0 Å². The second-order valence-electron chi connectivity index (χ2n) is 7.06.